The van der Waals surface area contributed by atoms with E-state index in [1.807, 2.05) is 64.1 Å². The zero-order chi connectivity index (χ0) is 20.8. The fourth-order valence-corrected chi connectivity index (χ4v) is 3.26. The van der Waals surface area contributed by atoms with E-state index in [0.29, 0.717) is 25.5 Å². The van der Waals surface area contributed by atoms with Gasteiger partial charge in [0.05, 0.1) is 19.5 Å². The highest BCUT2D eigenvalue weighted by molar-refractivity contribution is 6.00. The Bertz CT molecular complexity index is 1020. The van der Waals surface area contributed by atoms with E-state index in [0.717, 1.165) is 39.0 Å². The van der Waals surface area contributed by atoms with E-state index in [9.17, 15) is 4.79 Å². The molecule has 0 aliphatic heterocycles. The molecule has 152 valence electrons. The summed E-state index contributed by atoms with van der Waals surface area (Å²) in [6.45, 7) is 9.45. The molecule has 0 aliphatic carbocycles. The number of nitrogens with one attached hydrogen (secondary N) is 1. The third-order valence-corrected chi connectivity index (χ3v) is 4.58. The second-order valence-electron chi connectivity index (χ2n) is 6.61. The molecule has 0 unspecified atom stereocenters. The standard InChI is InChI=1S/C24H27NO4/c1-5-25-24(26)12-16(4)19-13-20-21(15-29-23(20)14-22(19)28-7-3)17-8-10-18(11-9-17)27-6-2/h8-15H,5-7H2,1-4H3,(H,25,26)/b16-12+. The van der Waals surface area contributed by atoms with E-state index in [2.05, 4.69) is 5.32 Å². The number of fused-ring (bicyclic) bond motifs is 1. The molecule has 29 heavy (non-hydrogen) atoms. The minimum Gasteiger partial charge on any atom is -0.494 e. The van der Waals surface area contributed by atoms with Gasteiger partial charge >= 0.3 is 0 Å². The highest BCUT2D eigenvalue weighted by Gasteiger charge is 2.15. The first-order chi connectivity index (χ1) is 14.1. The molecule has 0 fully saturated rings. The summed E-state index contributed by atoms with van der Waals surface area (Å²) in [6, 6.07) is 11.9. The molecule has 0 radical (unpaired) electrons. The largest absolute Gasteiger partial charge is 0.494 e. The van der Waals surface area contributed by atoms with Crippen LogP contribution in [0.2, 0.25) is 0 Å². The molecule has 0 aliphatic rings. The van der Waals surface area contributed by atoms with Gasteiger partial charge in [0.25, 0.3) is 0 Å². The lowest BCUT2D eigenvalue weighted by Crippen LogP contribution is -2.20. The predicted octanol–water partition coefficient (Wildman–Crippen LogP) is 5.44. The number of ether oxygens (including phenoxy) is 2. The summed E-state index contributed by atoms with van der Waals surface area (Å²) in [5.41, 5.74) is 4.47. The van der Waals surface area contributed by atoms with E-state index in [1.54, 1.807) is 12.3 Å². The molecule has 1 N–H and O–H groups in total. The molecule has 1 heterocycles. The smallest absolute Gasteiger partial charge is 0.244 e. The van der Waals surface area contributed by atoms with Crippen LogP contribution in [0.5, 0.6) is 11.5 Å². The Hall–Kier alpha value is -3.21. The Morgan fingerprint density at radius 2 is 1.79 bits per heavy atom. The van der Waals surface area contributed by atoms with Crippen molar-refractivity contribution in [1.29, 1.82) is 0 Å². The molecule has 1 amide bonds. The van der Waals surface area contributed by atoms with Crippen molar-refractivity contribution in [3.05, 3.63) is 54.3 Å². The van der Waals surface area contributed by atoms with Gasteiger partial charge in [-0.05, 0) is 57.0 Å². The number of hydrogen-bond acceptors (Lipinski definition) is 4. The summed E-state index contributed by atoms with van der Waals surface area (Å²) in [6.07, 6.45) is 3.35. The zero-order valence-electron chi connectivity index (χ0n) is 17.4. The molecular weight excluding hydrogens is 366 g/mol. The van der Waals surface area contributed by atoms with Gasteiger partial charge in [0.1, 0.15) is 17.1 Å². The number of amides is 1. The van der Waals surface area contributed by atoms with Crippen LogP contribution in [0.25, 0.3) is 27.7 Å². The summed E-state index contributed by atoms with van der Waals surface area (Å²) in [5.74, 6) is 1.42. The van der Waals surface area contributed by atoms with Crippen LogP contribution in [0.3, 0.4) is 0 Å². The molecule has 0 spiro atoms. The molecule has 5 heteroatoms. The van der Waals surface area contributed by atoms with Gasteiger partial charge in [-0.1, -0.05) is 12.1 Å². The summed E-state index contributed by atoms with van der Waals surface area (Å²) in [7, 11) is 0. The summed E-state index contributed by atoms with van der Waals surface area (Å²) in [4.78, 5) is 12.0. The van der Waals surface area contributed by atoms with Gasteiger partial charge in [-0.3, -0.25) is 4.79 Å². The molecule has 1 aromatic heterocycles. The van der Waals surface area contributed by atoms with E-state index in [1.165, 1.54) is 0 Å². The monoisotopic (exact) mass is 393 g/mol. The van der Waals surface area contributed by atoms with E-state index in [-0.39, 0.29) is 5.91 Å². The lowest BCUT2D eigenvalue weighted by molar-refractivity contribution is -0.116. The van der Waals surface area contributed by atoms with Crippen LogP contribution in [-0.4, -0.2) is 25.7 Å². The first-order valence-electron chi connectivity index (χ1n) is 9.95. The molecule has 3 rings (SSSR count). The van der Waals surface area contributed by atoms with Gasteiger partial charge in [-0.25, -0.2) is 0 Å². The van der Waals surface area contributed by atoms with Crippen LogP contribution < -0.4 is 14.8 Å². The first kappa shape index (κ1) is 20.5. The topological polar surface area (TPSA) is 60.7 Å². The predicted molar refractivity (Wildman–Crippen MR) is 116 cm³/mol. The van der Waals surface area contributed by atoms with Crippen molar-refractivity contribution >= 4 is 22.4 Å². The maximum atomic E-state index is 12.0. The maximum absolute atomic E-state index is 12.0. The lowest BCUT2D eigenvalue weighted by Gasteiger charge is -2.12. The van der Waals surface area contributed by atoms with Crippen molar-refractivity contribution in [2.24, 2.45) is 0 Å². The van der Waals surface area contributed by atoms with Crippen LogP contribution in [0.4, 0.5) is 0 Å². The second kappa shape index (κ2) is 9.32. The number of carbonyl (C=O) groups is 1. The Morgan fingerprint density at radius 1 is 1.07 bits per heavy atom. The van der Waals surface area contributed by atoms with Crippen molar-refractivity contribution in [2.75, 3.05) is 19.8 Å². The maximum Gasteiger partial charge on any atom is 0.244 e. The van der Waals surface area contributed by atoms with E-state index >= 15 is 0 Å². The lowest BCUT2D eigenvalue weighted by atomic mass is 9.99. The number of benzene rings is 2. The van der Waals surface area contributed by atoms with Gasteiger partial charge in [0.2, 0.25) is 5.91 Å². The summed E-state index contributed by atoms with van der Waals surface area (Å²) in [5, 5.41) is 3.76. The molecule has 0 saturated carbocycles. The van der Waals surface area contributed by atoms with Crippen LogP contribution >= 0.6 is 0 Å². The number of furan rings is 1. The molecule has 0 bridgehead atoms. The summed E-state index contributed by atoms with van der Waals surface area (Å²) >= 11 is 0. The number of rotatable bonds is 8. The van der Waals surface area contributed by atoms with Crippen LogP contribution in [-0.2, 0) is 4.79 Å². The minimum atomic E-state index is -0.119. The van der Waals surface area contributed by atoms with Gasteiger partial charge in [0.15, 0.2) is 0 Å². The normalized spacial score (nSPS) is 11.5. The zero-order valence-corrected chi connectivity index (χ0v) is 17.4. The Morgan fingerprint density at radius 3 is 2.45 bits per heavy atom. The first-order valence-corrected chi connectivity index (χ1v) is 9.95. The van der Waals surface area contributed by atoms with Crippen molar-refractivity contribution < 1.29 is 18.7 Å². The number of hydrogen-bond donors (Lipinski definition) is 1. The van der Waals surface area contributed by atoms with E-state index in [4.69, 9.17) is 13.9 Å². The average molecular weight is 393 g/mol. The quantitative estimate of drug-likeness (QED) is 0.518. The fraction of sp³-hybridized carbons (Fsp3) is 0.292. The van der Waals surface area contributed by atoms with Crippen molar-refractivity contribution in [3.63, 3.8) is 0 Å². The van der Waals surface area contributed by atoms with Crippen LogP contribution in [0, 0.1) is 0 Å². The van der Waals surface area contributed by atoms with Crippen LogP contribution in [0.15, 0.2) is 53.2 Å². The molecule has 0 atom stereocenters. The number of allylic oxidation sites excluding steroid dienone is 1. The number of carbonyl (C=O) groups excluding carboxylic acids is 1. The second-order valence-corrected chi connectivity index (χ2v) is 6.61. The highest BCUT2D eigenvalue weighted by Crippen LogP contribution is 2.37. The highest BCUT2D eigenvalue weighted by atomic mass is 16.5. The van der Waals surface area contributed by atoms with Crippen molar-refractivity contribution in [3.8, 4) is 22.6 Å². The molecule has 0 saturated heterocycles. The third-order valence-electron chi connectivity index (χ3n) is 4.58. The Labute approximate surface area is 171 Å². The van der Waals surface area contributed by atoms with Gasteiger partial charge in [-0.15, -0.1) is 0 Å². The van der Waals surface area contributed by atoms with Crippen LogP contribution in [0.1, 0.15) is 33.3 Å². The minimum absolute atomic E-state index is 0.119. The SMILES string of the molecule is CCNC(=O)/C=C(\C)c1cc2c(-c3ccc(OCC)cc3)coc2cc1OCC. The average Bonchev–Trinajstić information content (AvgIpc) is 3.11. The molecule has 3 aromatic rings. The molecule has 5 nitrogen and oxygen atoms in total. The number of likely N-dealkylation sites (N-methyl/N-ethyl adjacent to an activating group) is 1. The third kappa shape index (κ3) is 4.62. The molecular formula is C24H27NO4. The Kier molecular flexibility index (Phi) is 6.60. The van der Waals surface area contributed by atoms with Gasteiger partial charge < -0.3 is 19.2 Å². The van der Waals surface area contributed by atoms with E-state index < -0.39 is 0 Å². The fourth-order valence-electron chi connectivity index (χ4n) is 3.26. The van der Waals surface area contributed by atoms with Gasteiger partial charge in [0, 0.05) is 35.2 Å². The van der Waals surface area contributed by atoms with Crippen molar-refractivity contribution in [1.82, 2.24) is 5.32 Å². The van der Waals surface area contributed by atoms with Gasteiger partial charge in [-0.2, -0.15) is 0 Å². The van der Waals surface area contributed by atoms with Crippen molar-refractivity contribution in [2.45, 2.75) is 27.7 Å². The summed E-state index contributed by atoms with van der Waals surface area (Å²) < 4.78 is 17.2. The molecule has 2 aromatic carbocycles. The Balaban J connectivity index is 2.07.